The molecule has 0 aliphatic heterocycles. The van der Waals surface area contributed by atoms with Crippen molar-refractivity contribution in [3.05, 3.63) is 29.8 Å². The van der Waals surface area contributed by atoms with Crippen molar-refractivity contribution in [1.82, 2.24) is 5.32 Å². The van der Waals surface area contributed by atoms with Gasteiger partial charge in [0.25, 0.3) is 0 Å². The van der Waals surface area contributed by atoms with Crippen molar-refractivity contribution < 1.29 is 14.3 Å². The zero-order chi connectivity index (χ0) is 13.7. The van der Waals surface area contributed by atoms with Gasteiger partial charge in [-0.25, -0.2) is 0 Å². The van der Waals surface area contributed by atoms with Crippen molar-refractivity contribution in [2.45, 2.75) is 19.4 Å². The minimum atomic E-state index is -0.145. The smallest absolute Gasteiger partial charge is 0.246 e. The van der Waals surface area contributed by atoms with E-state index in [4.69, 9.17) is 4.74 Å². The summed E-state index contributed by atoms with van der Waals surface area (Å²) in [7, 11) is 1.48. The average molecular weight is 262 g/mol. The third kappa shape index (κ3) is 4.37. The van der Waals surface area contributed by atoms with Crippen LogP contribution in [0.1, 0.15) is 18.4 Å². The van der Waals surface area contributed by atoms with Crippen LogP contribution in [0.4, 0.5) is 5.69 Å². The van der Waals surface area contributed by atoms with E-state index in [9.17, 15) is 9.59 Å². The number of rotatable bonds is 6. The van der Waals surface area contributed by atoms with Crippen LogP contribution < -0.4 is 10.6 Å². The van der Waals surface area contributed by atoms with Crippen LogP contribution in [-0.4, -0.2) is 25.5 Å². The minimum absolute atomic E-state index is 0.0650. The average Bonchev–Trinajstić information content (AvgIpc) is 3.22. The maximum absolute atomic E-state index is 11.6. The van der Waals surface area contributed by atoms with Gasteiger partial charge in [0, 0.05) is 25.3 Å². The molecule has 2 rings (SSSR count). The Morgan fingerprint density at radius 2 is 1.95 bits per heavy atom. The summed E-state index contributed by atoms with van der Waals surface area (Å²) in [6, 6.07) is 7.46. The number of carbonyl (C=O) groups excluding carboxylic acids is 2. The number of hydrogen-bond acceptors (Lipinski definition) is 3. The van der Waals surface area contributed by atoms with Crippen molar-refractivity contribution in [3.8, 4) is 0 Å². The Morgan fingerprint density at radius 1 is 1.26 bits per heavy atom. The monoisotopic (exact) mass is 262 g/mol. The van der Waals surface area contributed by atoms with E-state index in [-0.39, 0.29) is 24.3 Å². The van der Waals surface area contributed by atoms with Crippen LogP contribution in [0.15, 0.2) is 24.3 Å². The molecule has 102 valence electrons. The van der Waals surface area contributed by atoms with Crippen LogP contribution in [0.5, 0.6) is 0 Å². The Morgan fingerprint density at radius 3 is 2.53 bits per heavy atom. The predicted octanol–water partition coefficient (Wildman–Crippen LogP) is 1.30. The van der Waals surface area contributed by atoms with Crippen LogP contribution in [0.25, 0.3) is 0 Å². The summed E-state index contributed by atoms with van der Waals surface area (Å²) in [5, 5.41) is 5.61. The minimum Gasteiger partial charge on any atom is -0.375 e. The molecule has 0 radical (unpaired) electrons. The summed E-state index contributed by atoms with van der Waals surface area (Å²) in [5.74, 6) is 0.155. The van der Waals surface area contributed by atoms with Crippen molar-refractivity contribution in [3.63, 3.8) is 0 Å². The van der Waals surface area contributed by atoms with Gasteiger partial charge in [-0.1, -0.05) is 12.1 Å². The third-order valence-electron chi connectivity index (χ3n) is 2.93. The molecule has 1 aliphatic rings. The second-order valence-electron chi connectivity index (χ2n) is 4.67. The SMILES string of the molecule is COCC(=O)NCc1ccc(NC(=O)C2CC2)cc1. The molecule has 1 aromatic rings. The molecular weight excluding hydrogens is 244 g/mol. The molecule has 0 bridgehead atoms. The van der Waals surface area contributed by atoms with Gasteiger partial charge in [0.2, 0.25) is 11.8 Å². The van der Waals surface area contributed by atoms with Gasteiger partial charge >= 0.3 is 0 Å². The van der Waals surface area contributed by atoms with Gasteiger partial charge in [-0.15, -0.1) is 0 Å². The lowest BCUT2D eigenvalue weighted by Crippen LogP contribution is -2.26. The van der Waals surface area contributed by atoms with E-state index in [1.807, 2.05) is 24.3 Å². The maximum atomic E-state index is 11.6. The molecule has 2 N–H and O–H groups in total. The molecule has 1 fully saturated rings. The number of ether oxygens (including phenoxy) is 1. The van der Waals surface area contributed by atoms with Crippen molar-refractivity contribution in [2.75, 3.05) is 19.0 Å². The molecule has 1 aliphatic carbocycles. The molecule has 0 spiro atoms. The van der Waals surface area contributed by atoms with E-state index in [0.29, 0.717) is 6.54 Å². The summed E-state index contributed by atoms with van der Waals surface area (Å²) < 4.78 is 4.72. The topological polar surface area (TPSA) is 67.4 Å². The summed E-state index contributed by atoms with van der Waals surface area (Å²) >= 11 is 0. The van der Waals surface area contributed by atoms with Crippen LogP contribution in [0.2, 0.25) is 0 Å². The lowest BCUT2D eigenvalue weighted by atomic mass is 10.2. The summed E-state index contributed by atoms with van der Waals surface area (Å²) in [6.45, 7) is 0.522. The van der Waals surface area contributed by atoms with E-state index in [1.165, 1.54) is 7.11 Å². The van der Waals surface area contributed by atoms with E-state index in [0.717, 1.165) is 24.1 Å². The van der Waals surface area contributed by atoms with E-state index >= 15 is 0 Å². The zero-order valence-electron chi connectivity index (χ0n) is 10.9. The van der Waals surface area contributed by atoms with E-state index < -0.39 is 0 Å². The number of hydrogen-bond donors (Lipinski definition) is 2. The third-order valence-corrected chi connectivity index (χ3v) is 2.93. The molecule has 0 aromatic heterocycles. The Bertz CT molecular complexity index is 452. The van der Waals surface area contributed by atoms with Gasteiger partial charge < -0.3 is 15.4 Å². The van der Waals surface area contributed by atoms with Crippen molar-refractivity contribution in [1.29, 1.82) is 0 Å². The molecule has 0 unspecified atom stereocenters. The van der Waals surface area contributed by atoms with E-state index in [2.05, 4.69) is 10.6 Å². The first-order valence-electron chi connectivity index (χ1n) is 6.34. The second-order valence-corrected chi connectivity index (χ2v) is 4.67. The molecule has 0 saturated heterocycles. The van der Waals surface area contributed by atoms with Gasteiger partial charge in [-0.3, -0.25) is 9.59 Å². The van der Waals surface area contributed by atoms with Crippen LogP contribution in [0, 0.1) is 5.92 Å². The van der Waals surface area contributed by atoms with Crippen LogP contribution in [0.3, 0.4) is 0 Å². The molecule has 5 nitrogen and oxygen atoms in total. The number of benzene rings is 1. The maximum Gasteiger partial charge on any atom is 0.246 e. The quantitative estimate of drug-likeness (QED) is 0.812. The highest BCUT2D eigenvalue weighted by Gasteiger charge is 2.29. The molecular formula is C14H18N2O3. The first-order valence-corrected chi connectivity index (χ1v) is 6.34. The second kappa shape index (κ2) is 6.33. The molecule has 1 aromatic carbocycles. The zero-order valence-corrected chi connectivity index (χ0v) is 10.9. The summed E-state index contributed by atoms with van der Waals surface area (Å²) in [5.41, 5.74) is 1.78. The van der Waals surface area contributed by atoms with Crippen LogP contribution in [-0.2, 0) is 20.9 Å². The molecule has 1 saturated carbocycles. The van der Waals surface area contributed by atoms with Gasteiger partial charge in [0.15, 0.2) is 0 Å². The highest BCUT2D eigenvalue weighted by molar-refractivity contribution is 5.94. The summed E-state index contributed by atoms with van der Waals surface area (Å²) in [6.07, 6.45) is 1.99. The first-order chi connectivity index (χ1) is 9.19. The molecule has 0 atom stereocenters. The van der Waals surface area contributed by atoms with Gasteiger partial charge in [0.1, 0.15) is 6.61 Å². The largest absolute Gasteiger partial charge is 0.375 e. The first kappa shape index (κ1) is 13.5. The number of amides is 2. The fourth-order valence-corrected chi connectivity index (χ4v) is 1.68. The number of carbonyl (C=O) groups is 2. The molecule has 0 heterocycles. The summed E-state index contributed by atoms with van der Waals surface area (Å²) in [4.78, 5) is 22.8. The predicted molar refractivity (Wildman–Crippen MR) is 71.5 cm³/mol. The van der Waals surface area contributed by atoms with E-state index in [1.54, 1.807) is 0 Å². The molecule has 5 heteroatoms. The van der Waals surface area contributed by atoms with Gasteiger partial charge in [-0.05, 0) is 30.5 Å². The Labute approximate surface area is 112 Å². The van der Waals surface area contributed by atoms with Gasteiger partial charge in [0.05, 0.1) is 0 Å². The highest BCUT2D eigenvalue weighted by Crippen LogP contribution is 2.30. The lowest BCUT2D eigenvalue weighted by Gasteiger charge is -2.07. The fourth-order valence-electron chi connectivity index (χ4n) is 1.68. The fraction of sp³-hybridized carbons (Fsp3) is 0.429. The molecule has 2 amide bonds. The number of anilines is 1. The highest BCUT2D eigenvalue weighted by atomic mass is 16.5. The lowest BCUT2D eigenvalue weighted by molar-refractivity contribution is -0.124. The molecule has 19 heavy (non-hydrogen) atoms. The van der Waals surface area contributed by atoms with Crippen LogP contribution >= 0.6 is 0 Å². The standard InChI is InChI=1S/C14H18N2O3/c1-19-9-13(17)15-8-10-2-6-12(7-3-10)16-14(18)11-4-5-11/h2-3,6-7,11H,4-5,8-9H2,1H3,(H,15,17)(H,16,18). The Balaban J connectivity index is 1.80. The number of methoxy groups -OCH3 is 1. The van der Waals surface area contributed by atoms with Gasteiger partial charge in [-0.2, -0.15) is 0 Å². The normalized spacial score (nSPS) is 13.9. The number of nitrogens with one attached hydrogen (secondary N) is 2. The van der Waals surface area contributed by atoms with Crippen molar-refractivity contribution in [2.24, 2.45) is 5.92 Å². The Hall–Kier alpha value is -1.88. The van der Waals surface area contributed by atoms with Crippen molar-refractivity contribution >= 4 is 17.5 Å². The Kier molecular flexibility index (Phi) is 4.52.